The van der Waals surface area contributed by atoms with E-state index in [0.29, 0.717) is 21.6 Å². The van der Waals surface area contributed by atoms with E-state index in [9.17, 15) is 0 Å². The predicted octanol–water partition coefficient (Wildman–Crippen LogP) is 5.17. The zero-order chi connectivity index (χ0) is 16.8. The Labute approximate surface area is 145 Å². The lowest BCUT2D eigenvalue weighted by atomic mass is 10.1. The molecule has 6 heteroatoms. The van der Waals surface area contributed by atoms with Gasteiger partial charge in [0.1, 0.15) is 11.5 Å². The fraction of sp³-hybridized carbons (Fsp3) is 0.176. The first-order chi connectivity index (χ1) is 11.0. The normalized spacial score (nSPS) is 11.0. The summed E-state index contributed by atoms with van der Waals surface area (Å²) in [6.45, 7) is 4.03. The number of nitrogens with zero attached hydrogens (tertiary/aromatic N) is 2. The monoisotopic (exact) mass is 345 g/mol. The lowest BCUT2D eigenvalue weighted by Crippen LogP contribution is -2.12. The van der Waals surface area contributed by atoms with Gasteiger partial charge in [-0.25, -0.2) is 4.99 Å². The molecule has 0 unspecified atom stereocenters. The summed E-state index contributed by atoms with van der Waals surface area (Å²) in [6, 6.07) is 11.2. The summed E-state index contributed by atoms with van der Waals surface area (Å²) in [5, 5.41) is 12.1. The minimum absolute atomic E-state index is 0.462. The molecule has 0 saturated carbocycles. The molecule has 0 amide bonds. The van der Waals surface area contributed by atoms with Gasteiger partial charge in [0, 0.05) is 0 Å². The van der Waals surface area contributed by atoms with Gasteiger partial charge in [0.05, 0.1) is 10.7 Å². The minimum Gasteiger partial charge on any atom is -0.456 e. The van der Waals surface area contributed by atoms with Crippen molar-refractivity contribution in [1.82, 2.24) is 5.32 Å². The maximum absolute atomic E-state index is 8.65. The summed E-state index contributed by atoms with van der Waals surface area (Å²) in [5.74, 6) is 1.33. The molecular formula is C17H16ClN3OS. The third-order valence-electron chi connectivity index (χ3n) is 3.05. The van der Waals surface area contributed by atoms with E-state index in [1.165, 1.54) is 17.3 Å². The Balaban J connectivity index is 2.24. The molecule has 2 aromatic rings. The lowest BCUT2D eigenvalue weighted by Gasteiger charge is -2.11. The van der Waals surface area contributed by atoms with Crippen LogP contribution in [-0.2, 0) is 0 Å². The van der Waals surface area contributed by atoms with Crippen molar-refractivity contribution in [2.45, 2.75) is 13.8 Å². The van der Waals surface area contributed by atoms with Crippen LogP contribution in [-0.4, -0.2) is 11.4 Å². The van der Waals surface area contributed by atoms with Crippen LogP contribution in [0, 0.1) is 25.3 Å². The standard InChI is InChI=1S/C17H16ClN3OS/c1-11-4-6-15(12(2)8-11)22-16-7-5-13(9-14(16)18)21-17(23-3)20-10-19/h4-9H,1-3H3,(H,20,21). The molecule has 118 valence electrons. The predicted molar refractivity (Wildman–Crippen MR) is 96.8 cm³/mol. The molecular weight excluding hydrogens is 330 g/mol. The summed E-state index contributed by atoms with van der Waals surface area (Å²) >= 11 is 7.63. The summed E-state index contributed by atoms with van der Waals surface area (Å²) in [5.41, 5.74) is 2.88. The molecule has 2 aromatic carbocycles. The van der Waals surface area contributed by atoms with E-state index < -0.39 is 0 Å². The van der Waals surface area contributed by atoms with Crippen LogP contribution in [0.3, 0.4) is 0 Å². The topological polar surface area (TPSA) is 57.4 Å². The van der Waals surface area contributed by atoms with Crippen LogP contribution < -0.4 is 10.1 Å². The van der Waals surface area contributed by atoms with Gasteiger partial charge in [0.15, 0.2) is 11.4 Å². The van der Waals surface area contributed by atoms with Crippen LogP contribution in [0.5, 0.6) is 11.5 Å². The van der Waals surface area contributed by atoms with Gasteiger partial charge in [-0.1, -0.05) is 41.1 Å². The highest BCUT2D eigenvalue weighted by Crippen LogP contribution is 2.34. The van der Waals surface area contributed by atoms with E-state index in [1.54, 1.807) is 18.2 Å². The number of hydrogen-bond acceptors (Lipinski definition) is 4. The van der Waals surface area contributed by atoms with Crippen molar-refractivity contribution >= 4 is 34.2 Å². The fourth-order valence-electron chi connectivity index (χ4n) is 1.96. The van der Waals surface area contributed by atoms with Gasteiger partial charge in [-0.3, -0.25) is 5.32 Å². The number of aryl methyl sites for hydroxylation is 2. The van der Waals surface area contributed by atoms with E-state index in [4.69, 9.17) is 21.6 Å². The number of thioether (sulfide) groups is 1. The Morgan fingerprint density at radius 3 is 2.57 bits per heavy atom. The number of rotatable bonds is 3. The molecule has 0 atom stereocenters. The Hall–Kier alpha value is -2.16. The molecule has 0 fully saturated rings. The molecule has 0 bridgehead atoms. The minimum atomic E-state index is 0.462. The van der Waals surface area contributed by atoms with Crippen molar-refractivity contribution in [3.63, 3.8) is 0 Å². The zero-order valence-corrected chi connectivity index (χ0v) is 14.6. The van der Waals surface area contributed by atoms with Crippen LogP contribution in [0.4, 0.5) is 5.69 Å². The highest BCUT2D eigenvalue weighted by Gasteiger charge is 2.07. The molecule has 4 nitrogen and oxygen atoms in total. The van der Waals surface area contributed by atoms with E-state index in [-0.39, 0.29) is 0 Å². The quantitative estimate of drug-likeness (QED) is 0.361. The Morgan fingerprint density at radius 1 is 1.22 bits per heavy atom. The maximum atomic E-state index is 8.65. The van der Waals surface area contributed by atoms with Crippen molar-refractivity contribution in [2.24, 2.45) is 4.99 Å². The third-order valence-corrected chi connectivity index (χ3v) is 3.93. The number of hydrogen-bond donors (Lipinski definition) is 1. The van der Waals surface area contributed by atoms with E-state index in [2.05, 4.69) is 16.4 Å². The van der Waals surface area contributed by atoms with Crippen LogP contribution >= 0.6 is 23.4 Å². The molecule has 0 aromatic heterocycles. The van der Waals surface area contributed by atoms with E-state index in [0.717, 1.165) is 11.3 Å². The molecule has 0 aliphatic heterocycles. The second-order valence-electron chi connectivity index (χ2n) is 4.84. The fourth-order valence-corrected chi connectivity index (χ4v) is 2.52. The first kappa shape index (κ1) is 17.2. The SMILES string of the molecule is CSC(=Nc1ccc(Oc2ccc(C)cc2C)c(Cl)c1)NC#N. The number of ether oxygens (including phenoxy) is 1. The molecule has 0 saturated heterocycles. The van der Waals surface area contributed by atoms with Crippen LogP contribution in [0.1, 0.15) is 11.1 Å². The Kier molecular flexibility index (Phi) is 5.91. The Morgan fingerprint density at radius 2 is 1.96 bits per heavy atom. The van der Waals surface area contributed by atoms with Gasteiger partial charge >= 0.3 is 0 Å². The first-order valence-corrected chi connectivity index (χ1v) is 8.46. The smallest absolute Gasteiger partial charge is 0.183 e. The van der Waals surface area contributed by atoms with Crippen LogP contribution in [0.2, 0.25) is 5.02 Å². The van der Waals surface area contributed by atoms with Crippen molar-refractivity contribution in [3.8, 4) is 17.7 Å². The van der Waals surface area contributed by atoms with Gasteiger partial charge in [-0.15, -0.1) is 0 Å². The van der Waals surface area contributed by atoms with Crippen molar-refractivity contribution in [3.05, 3.63) is 52.5 Å². The molecule has 0 heterocycles. The van der Waals surface area contributed by atoms with Crippen molar-refractivity contribution < 1.29 is 4.74 Å². The van der Waals surface area contributed by atoms with E-state index in [1.807, 2.05) is 38.4 Å². The summed E-state index contributed by atoms with van der Waals surface area (Å²) in [6.07, 6.45) is 3.68. The number of amidine groups is 1. The molecule has 0 radical (unpaired) electrons. The highest BCUT2D eigenvalue weighted by atomic mass is 35.5. The average Bonchev–Trinajstić information content (AvgIpc) is 2.51. The molecule has 0 spiro atoms. The largest absolute Gasteiger partial charge is 0.456 e. The van der Waals surface area contributed by atoms with Crippen molar-refractivity contribution in [2.75, 3.05) is 6.26 Å². The second-order valence-corrected chi connectivity index (χ2v) is 6.05. The average molecular weight is 346 g/mol. The first-order valence-electron chi connectivity index (χ1n) is 6.86. The number of halogens is 1. The lowest BCUT2D eigenvalue weighted by molar-refractivity contribution is 0.479. The summed E-state index contributed by atoms with van der Waals surface area (Å²) in [7, 11) is 0. The third kappa shape index (κ3) is 4.65. The Bertz CT molecular complexity index is 784. The van der Waals surface area contributed by atoms with Gasteiger partial charge in [0.2, 0.25) is 0 Å². The van der Waals surface area contributed by atoms with Crippen LogP contribution in [0.25, 0.3) is 0 Å². The summed E-state index contributed by atoms with van der Waals surface area (Å²) < 4.78 is 5.88. The number of aliphatic imine (C=N–C) groups is 1. The number of benzene rings is 2. The van der Waals surface area contributed by atoms with Crippen LogP contribution in [0.15, 0.2) is 41.4 Å². The second kappa shape index (κ2) is 7.91. The van der Waals surface area contributed by atoms with Gasteiger partial charge in [-0.2, -0.15) is 5.26 Å². The number of nitrogens with one attached hydrogen (secondary N) is 1. The molecule has 1 N–H and O–H groups in total. The van der Waals surface area contributed by atoms with Gasteiger partial charge in [-0.05, 0) is 49.9 Å². The molecule has 0 aliphatic carbocycles. The molecule has 2 rings (SSSR count). The van der Waals surface area contributed by atoms with Crippen molar-refractivity contribution in [1.29, 1.82) is 5.26 Å². The van der Waals surface area contributed by atoms with Gasteiger partial charge in [0.25, 0.3) is 0 Å². The molecule has 0 aliphatic rings. The molecule has 23 heavy (non-hydrogen) atoms. The van der Waals surface area contributed by atoms with E-state index >= 15 is 0 Å². The van der Waals surface area contributed by atoms with Gasteiger partial charge < -0.3 is 4.74 Å². The number of nitriles is 1. The maximum Gasteiger partial charge on any atom is 0.183 e. The highest BCUT2D eigenvalue weighted by molar-refractivity contribution is 8.13. The summed E-state index contributed by atoms with van der Waals surface area (Å²) in [4.78, 5) is 4.31. The zero-order valence-electron chi connectivity index (χ0n) is 13.1.